The monoisotopic (exact) mass is 372 g/mol. The highest BCUT2D eigenvalue weighted by Gasteiger charge is 2.16. The van der Waals surface area contributed by atoms with Gasteiger partial charge in [0.1, 0.15) is 5.82 Å². The van der Waals surface area contributed by atoms with E-state index in [1.807, 2.05) is 43.3 Å². The van der Waals surface area contributed by atoms with E-state index in [2.05, 4.69) is 15.5 Å². The number of fused-ring (bicyclic) bond motifs is 2. The molecule has 0 saturated heterocycles. The first-order valence-electron chi connectivity index (χ1n) is 9.22. The van der Waals surface area contributed by atoms with Crippen molar-refractivity contribution in [3.05, 3.63) is 81.4 Å². The van der Waals surface area contributed by atoms with Gasteiger partial charge in [0.2, 0.25) is 0 Å². The first kappa shape index (κ1) is 17.9. The van der Waals surface area contributed by atoms with Crippen LogP contribution in [0.1, 0.15) is 35.1 Å². The van der Waals surface area contributed by atoms with Crippen molar-refractivity contribution >= 4 is 29.1 Å². The van der Waals surface area contributed by atoms with Crippen LogP contribution in [0.2, 0.25) is 0 Å². The summed E-state index contributed by atoms with van der Waals surface area (Å²) in [6, 6.07) is 14.8. The van der Waals surface area contributed by atoms with Gasteiger partial charge in [-0.25, -0.2) is 10.4 Å². The van der Waals surface area contributed by atoms with Crippen LogP contribution in [0, 0.1) is 0 Å². The number of hydrogen-bond donors (Lipinski definition) is 1. The van der Waals surface area contributed by atoms with E-state index < -0.39 is 0 Å². The Morgan fingerprint density at radius 1 is 1.21 bits per heavy atom. The molecule has 0 saturated carbocycles. The van der Waals surface area contributed by atoms with Crippen molar-refractivity contribution in [1.82, 2.24) is 15.0 Å². The van der Waals surface area contributed by atoms with Gasteiger partial charge < -0.3 is 0 Å². The first-order chi connectivity index (χ1) is 13.6. The number of benzene rings is 2. The maximum atomic E-state index is 12.5. The number of nitrogens with one attached hydrogen (secondary N) is 1. The highest BCUT2D eigenvalue weighted by Crippen LogP contribution is 2.16. The number of carbonyl (C=O) groups excluding carboxylic acids is 1. The van der Waals surface area contributed by atoms with Crippen molar-refractivity contribution in [1.29, 1.82) is 0 Å². The lowest BCUT2D eigenvalue weighted by Gasteiger charge is -2.06. The van der Waals surface area contributed by atoms with Crippen LogP contribution in [0.5, 0.6) is 0 Å². The third kappa shape index (κ3) is 3.62. The molecule has 6 heteroatoms. The molecule has 1 aliphatic heterocycles. The molecule has 0 atom stereocenters. The number of aromatic nitrogens is 2. The Morgan fingerprint density at radius 2 is 2.04 bits per heavy atom. The molecule has 1 aromatic heterocycles. The maximum Gasteiger partial charge on any atom is 0.271 e. The fourth-order valence-corrected chi connectivity index (χ4v) is 3.33. The van der Waals surface area contributed by atoms with Gasteiger partial charge in [-0.05, 0) is 42.7 Å². The predicted molar refractivity (Wildman–Crippen MR) is 110 cm³/mol. The van der Waals surface area contributed by atoms with Gasteiger partial charge in [0, 0.05) is 18.5 Å². The topological polar surface area (TPSA) is 76.3 Å². The van der Waals surface area contributed by atoms with E-state index in [0.717, 1.165) is 29.8 Å². The molecule has 3 aromatic rings. The molecule has 0 aliphatic carbocycles. The van der Waals surface area contributed by atoms with Crippen LogP contribution in [0.4, 0.5) is 0 Å². The van der Waals surface area contributed by atoms with Gasteiger partial charge in [-0.1, -0.05) is 36.4 Å². The number of allylic oxidation sites excluding steroid dienone is 1. The summed E-state index contributed by atoms with van der Waals surface area (Å²) >= 11 is 0. The zero-order chi connectivity index (χ0) is 19.5. The van der Waals surface area contributed by atoms with Crippen LogP contribution in [0.25, 0.3) is 17.0 Å². The molecular formula is C22H20N4O2. The number of hydrogen-bond acceptors (Lipinski definition) is 4. The molecule has 1 aliphatic rings. The molecule has 1 N–H and O–H groups in total. The van der Waals surface area contributed by atoms with Crippen molar-refractivity contribution in [3.63, 3.8) is 0 Å². The van der Waals surface area contributed by atoms with Gasteiger partial charge in [0.15, 0.2) is 0 Å². The second-order valence-electron chi connectivity index (χ2n) is 6.82. The van der Waals surface area contributed by atoms with Gasteiger partial charge in [0.25, 0.3) is 11.5 Å². The molecule has 2 aromatic carbocycles. The minimum absolute atomic E-state index is 0.0378. The van der Waals surface area contributed by atoms with Crippen LogP contribution >= 0.6 is 0 Å². The average molecular weight is 372 g/mol. The van der Waals surface area contributed by atoms with Crippen LogP contribution < -0.4 is 11.0 Å². The maximum absolute atomic E-state index is 12.5. The Hall–Kier alpha value is -3.54. The van der Waals surface area contributed by atoms with Crippen LogP contribution in [0.3, 0.4) is 0 Å². The van der Waals surface area contributed by atoms with E-state index >= 15 is 0 Å². The van der Waals surface area contributed by atoms with E-state index in [1.165, 1.54) is 0 Å². The summed E-state index contributed by atoms with van der Waals surface area (Å²) in [7, 11) is 0. The number of rotatable bonds is 4. The molecule has 28 heavy (non-hydrogen) atoms. The number of nitrogens with zero attached hydrogens (tertiary/aromatic N) is 3. The second-order valence-corrected chi connectivity index (χ2v) is 6.82. The average Bonchev–Trinajstić information content (AvgIpc) is 3.17. The minimum Gasteiger partial charge on any atom is -0.296 e. The second kappa shape index (κ2) is 7.60. The van der Waals surface area contributed by atoms with Crippen molar-refractivity contribution in [2.45, 2.75) is 26.3 Å². The minimum atomic E-state index is -0.340. The van der Waals surface area contributed by atoms with Gasteiger partial charge in [-0.15, -0.1) is 0 Å². The Labute approximate surface area is 162 Å². The Balaban J connectivity index is 1.50. The number of aryl methyl sites for hydroxylation is 1. The van der Waals surface area contributed by atoms with Crippen molar-refractivity contribution in [2.24, 2.45) is 5.10 Å². The first-order valence-corrected chi connectivity index (χ1v) is 9.22. The van der Waals surface area contributed by atoms with Gasteiger partial charge in [0.05, 0.1) is 17.1 Å². The Kier molecular flexibility index (Phi) is 4.85. The van der Waals surface area contributed by atoms with E-state index in [9.17, 15) is 9.59 Å². The quantitative estimate of drug-likeness (QED) is 0.565. The van der Waals surface area contributed by atoms with Crippen LogP contribution in [0.15, 0.2) is 64.0 Å². The van der Waals surface area contributed by atoms with E-state index in [0.29, 0.717) is 23.0 Å². The fraction of sp³-hybridized carbons (Fsp3) is 0.182. The standard InChI is InChI=1S/C22H20N4O2/c1-15(12-16-6-3-2-4-7-16)14-23-25-21(27)17-9-10-18-19(13-17)24-20-8-5-11-26(20)22(18)28/h2-4,6-7,9-10,12-14H,5,8,11H2,1H3,(H,25,27)/b15-12+,23-14-. The largest absolute Gasteiger partial charge is 0.296 e. The number of carbonyl (C=O) groups is 1. The molecule has 0 unspecified atom stereocenters. The molecule has 0 radical (unpaired) electrons. The third-order valence-corrected chi connectivity index (χ3v) is 4.71. The van der Waals surface area contributed by atoms with Crippen molar-refractivity contribution in [2.75, 3.05) is 0 Å². The van der Waals surface area contributed by atoms with Gasteiger partial charge in [-0.3, -0.25) is 14.2 Å². The molecule has 4 rings (SSSR count). The lowest BCUT2D eigenvalue weighted by atomic mass is 10.1. The molecule has 0 spiro atoms. The normalized spacial score (nSPS) is 13.8. The fourth-order valence-electron chi connectivity index (χ4n) is 3.33. The van der Waals surface area contributed by atoms with Crippen molar-refractivity contribution < 1.29 is 4.79 Å². The third-order valence-electron chi connectivity index (χ3n) is 4.71. The van der Waals surface area contributed by atoms with Crippen LogP contribution in [-0.2, 0) is 13.0 Å². The molecule has 0 bridgehead atoms. The Morgan fingerprint density at radius 3 is 2.86 bits per heavy atom. The molecule has 1 amide bonds. The van der Waals surface area contributed by atoms with Gasteiger partial charge >= 0.3 is 0 Å². The number of hydrazone groups is 1. The summed E-state index contributed by atoms with van der Waals surface area (Å²) in [5, 5.41) is 4.55. The zero-order valence-electron chi connectivity index (χ0n) is 15.6. The lowest BCUT2D eigenvalue weighted by molar-refractivity contribution is 0.0955. The highest BCUT2D eigenvalue weighted by molar-refractivity contribution is 5.98. The summed E-state index contributed by atoms with van der Waals surface area (Å²) in [6.45, 7) is 2.63. The molecule has 2 heterocycles. The van der Waals surface area contributed by atoms with E-state index in [1.54, 1.807) is 29.0 Å². The summed E-state index contributed by atoms with van der Waals surface area (Å²) in [6.07, 6.45) is 5.29. The lowest BCUT2D eigenvalue weighted by Crippen LogP contribution is -2.22. The summed E-state index contributed by atoms with van der Waals surface area (Å²) < 4.78 is 1.72. The van der Waals surface area contributed by atoms with Gasteiger partial charge in [-0.2, -0.15) is 5.10 Å². The molecule has 6 nitrogen and oxygen atoms in total. The smallest absolute Gasteiger partial charge is 0.271 e. The summed E-state index contributed by atoms with van der Waals surface area (Å²) in [4.78, 5) is 29.4. The van der Waals surface area contributed by atoms with E-state index in [-0.39, 0.29) is 11.5 Å². The SMILES string of the molecule is CC(/C=N\NC(=O)c1ccc2c(=O)n3c(nc2c1)CCC3)=C\c1ccccc1. The van der Waals surface area contributed by atoms with E-state index in [4.69, 9.17) is 0 Å². The van der Waals surface area contributed by atoms with Crippen LogP contribution in [-0.4, -0.2) is 21.7 Å². The molecule has 0 fully saturated rings. The molecular weight excluding hydrogens is 352 g/mol. The Bertz CT molecular complexity index is 1160. The number of amides is 1. The predicted octanol–water partition coefficient (Wildman–Crippen LogP) is 3.16. The summed E-state index contributed by atoms with van der Waals surface area (Å²) in [5.74, 6) is 0.447. The highest BCUT2D eigenvalue weighted by atomic mass is 16.2. The zero-order valence-corrected chi connectivity index (χ0v) is 15.6. The van der Waals surface area contributed by atoms with Crippen molar-refractivity contribution in [3.8, 4) is 0 Å². The summed E-state index contributed by atoms with van der Waals surface area (Å²) in [5.41, 5.74) is 5.44. The molecule has 140 valence electrons.